The van der Waals surface area contributed by atoms with Crippen LogP contribution in [0.25, 0.3) is 0 Å². The Labute approximate surface area is 300 Å². The third kappa shape index (κ3) is 13.9. The lowest BCUT2D eigenvalue weighted by Gasteiger charge is -2.35. The van der Waals surface area contributed by atoms with Gasteiger partial charge in [-0.2, -0.15) is 0 Å². The van der Waals surface area contributed by atoms with Crippen LogP contribution in [-0.2, 0) is 41.6 Å². The number of nitrogens with two attached hydrogens (primary N) is 2. The van der Waals surface area contributed by atoms with Crippen molar-refractivity contribution in [2.24, 2.45) is 23.3 Å². The number of Topliss-reactive ketones (excluding diaryl/α,β-unsaturated/α-hetero) is 1. The Kier molecular flexibility index (Phi) is 16.7. The average molecular weight is 707 g/mol. The van der Waals surface area contributed by atoms with E-state index >= 15 is 0 Å². The number of rotatable bonds is 19. The van der Waals surface area contributed by atoms with Gasteiger partial charge in [0.05, 0.1) is 12.1 Å². The Bertz CT molecular complexity index is 1450. The minimum Gasteiger partial charge on any atom is -0.474 e. The fourth-order valence-electron chi connectivity index (χ4n) is 6.32. The zero-order valence-electron chi connectivity index (χ0n) is 29.7. The minimum atomic E-state index is -1.56. The van der Waals surface area contributed by atoms with Crippen molar-refractivity contribution in [3.8, 4) is 0 Å². The number of piperidine rings is 1. The smallest absolute Gasteiger partial charge is 0.394 e. The summed E-state index contributed by atoms with van der Waals surface area (Å²) in [5.74, 6) is -4.82. The average Bonchev–Trinajstić information content (AvgIpc) is 3.11. The number of amides is 4. The van der Waals surface area contributed by atoms with E-state index in [1.807, 2.05) is 74.5 Å². The predicted octanol–water partition coefficient (Wildman–Crippen LogP) is 1.71. The minimum absolute atomic E-state index is 0.0569. The Hall–Kier alpha value is -4.62. The molecule has 13 nitrogen and oxygen atoms in total. The number of carbonyl (C=O) groups is 6. The molecule has 0 aliphatic carbocycles. The van der Waals surface area contributed by atoms with Gasteiger partial charge in [0, 0.05) is 31.5 Å². The Morgan fingerprint density at radius 1 is 0.824 bits per heavy atom. The second-order valence-corrected chi connectivity index (χ2v) is 13.8. The highest BCUT2D eigenvalue weighted by atomic mass is 16.4. The molecule has 51 heavy (non-hydrogen) atoms. The zero-order valence-corrected chi connectivity index (χ0v) is 29.7. The van der Waals surface area contributed by atoms with Gasteiger partial charge in [-0.25, -0.2) is 4.79 Å². The number of unbranched alkanes of at least 4 members (excludes halogenated alkanes) is 1. The molecule has 0 bridgehead atoms. The number of nitrogens with one attached hydrogen (secondary N) is 3. The van der Waals surface area contributed by atoms with Crippen LogP contribution < -0.4 is 27.4 Å². The third-order valence-corrected chi connectivity index (χ3v) is 9.09. The highest BCUT2D eigenvalue weighted by Crippen LogP contribution is 2.21. The highest BCUT2D eigenvalue weighted by Gasteiger charge is 2.34. The molecule has 0 saturated carbocycles. The first-order valence-electron chi connectivity index (χ1n) is 17.9. The van der Waals surface area contributed by atoms with Gasteiger partial charge in [0.25, 0.3) is 0 Å². The molecule has 1 aliphatic heterocycles. The van der Waals surface area contributed by atoms with E-state index in [2.05, 4.69) is 16.0 Å². The van der Waals surface area contributed by atoms with Gasteiger partial charge in [0.2, 0.25) is 17.7 Å². The lowest BCUT2D eigenvalue weighted by atomic mass is 9.88. The monoisotopic (exact) mass is 706 g/mol. The van der Waals surface area contributed by atoms with Gasteiger partial charge < -0.3 is 37.4 Å². The molecule has 3 rings (SSSR count). The van der Waals surface area contributed by atoms with Crippen molar-refractivity contribution in [2.45, 2.75) is 95.8 Å². The number of carboxylic acid groups (broad SMARTS) is 1. The molecule has 1 fully saturated rings. The first-order chi connectivity index (χ1) is 24.4. The second-order valence-electron chi connectivity index (χ2n) is 13.8. The van der Waals surface area contributed by atoms with Crippen molar-refractivity contribution >= 4 is 35.4 Å². The fourth-order valence-corrected chi connectivity index (χ4v) is 6.32. The summed E-state index contributed by atoms with van der Waals surface area (Å²) in [5.41, 5.74) is 13.7. The molecule has 0 aromatic heterocycles. The molecule has 4 amide bonds. The van der Waals surface area contributed by atoms with E-state index in [9.17, 15) is 28.8 Å². The van der Waals surface area contributed by atoms with E-state index in [0.29, 0.717) is 51.5 Å². The van der Waals surface area contributed by atoms with Crippen LogP contribution in [0.1, 0.15) is 69.9 Å². The quantitative estimate of drug-likeness (QED) is 0.0925. The van der Waals surface area contributed by atoms with Crippen LogP contribution in [0, 0.1) is 11.8 Å². The van der Waals surface area contributed by atoms with Gasteiger partial charge in [-0.3, -0.25) is 24.0 Å². The van der Waals surface area contributed by atoms with Crippen LogP contribution in [-0.4, -0.2) is 89.2 Å². The number of ketones is 1. The fraction of sp³-hybridized carbons (Fsp3) is 0.526. The van der Waals surface area contributed by atoms with E-state index in [0.717, 1.165) is 11.1 Å². The number of benzene rings is 2. The number of hydrogen-bond acceptors (Lipinski definition) is 8. The molecule has 0 unspecified atom stereocenters. The number of carboxylic acids is 1. The molecule has 4 atom stereocenters. The standard InChI is InChI=1S/C38H54N6O7/c1-25(2)21-28(34(46)42-31(15-9-10-18-39)37(49)44-19-16-29(17-20-44)41-36(48)38(50)51)24-33(45)32(23-27-13-7-4-8-14-27)43-35(47)30(40)22-26-11-5-3-6-12-26/h3-8,11-14,25,28-32H,9-10,15-24,39-40H2,1-2H3,(H,41,48)(H,42,46)(H,43,47)(H,50,51)/t28-,30+,31+,32+/m0/s1. The van der Waals surface area contributed by atoms with Crippen LogP contribution in [0.4, 0.5) is 0 Å². The largest absolute Gasteiger partial charge is 0.474 e. The number of carbonyl (C=O) groups excluding carboxylic acids is 5. The van der Waals surface area contributed by atoms with Crippen LogP contribution >= 0.6 is 0 Å². The van der Waals surface area contributed by atoms with E-state index < -0.39 is 47.7 Å². The third-order valence-electron chi connectivity index (χ3n) is 9.09. The molecule has 1 saturated heterocycles. The lowest BCUT2D eigenvalue weighted by Crippen LogP contribution is -2.54. The molecule has 1 aliphatic rings. The number of aliphatic carboxylic acids is 1. The molecule has 278 valence electrons. The van der Waals surface area contributed by atoms with E-state index in [1.54, 1.807) is 4.90 Å². The zero-order chi connectivity index (χ0) is 37.3. The van der Waals surface area contributed by atoms with Gasteiger partial charge in [0.1, 0.15) is 6.04 Å². The number of hydrogen-bond donors (Lipinski definition) is 6. The molecule has 13 heteroatoms. The number of likely N-dealkylation sites (tertiary alicyclic amines) is 1. The first-order valence-corrected chi connectivity index (χ1v) is 17.9. The maximum Gasteiger partial charge on any atom is 0.394 e. The van der Waals surface area contributed by atoms with Crippen LogP contribution in [0.15, 0.2) is 60.7 Å². The summed E-state index contributed by atoms with van der Waals surface area (Å²) in [7, 11) is 0. The van der Waals surface area contributed by atoms with E-state index in [4.69, 9.17) is 16.6 Å². The van der Waals surface area contributed by atoms with Crippen LogP contribution in [0.5, 0.6) is 0 Å². The molecule has 0 radical (unpaired) electrons. The van der Waals surface area contributed by atoms with Crippen molar-refractivity contribution in [3.63, 3.8) is 0 Å². The first kappa shape index (κ1) is 40.8. The summed E-state index contributed by atoms with van der Waals surface area (Å²) in [4.78, 5) is 79.1. The van der Waals surface area contributed by atoms with Crippen molar-refractivity contribution < 1.29 is 33.9 Å². The molecule has 8 N–H and O–H groups in total. The van der Waals surface area contributed by atoms with Gasteiger partial charge in [-0.1, -0.05) is 74.5 Å². The van der Waals surface area contributed by atoms with E-state index in [-0.39, 0.29) is 49.6 Å². The molecular weight excluding hydrogens is 652 g/mol. The van der Waals surface area contributed by atoms with Crippen molar-refractivity contribution in [2.75, 3.05) is 19.6 Å². The maximum atomic E-state index is 14.0. The molecule has 0 spiro atoms. The summed E-state index contributed by atoms with van der Waals surface area (Å²) >= 11 is 0. The van der Waals surface area contributed by atoms with Crippen molar-refractivity contribution in [1.82, 2.24) is 20.9 Å². The molecule has 2 aromatic carbocycles. The van der Waals surface area contributed by atoms with Gasteiger partial charge in [-0.15, -0.1) is 0 Å². The van der Waals surface area contributed by atoms with E-state index in [1.165, 1.54) is 0 Å². The van der Waals surface area contributed by atoms with Crippen molar-refractivity contribution in [3.05, 3.63) is 71.8 Å². The normalized spacial score (nSPS) is 15.7. The Balaban J connectivity index is 1.74. The van der Waals surface area contributed by atoms with Crippen molar-refractivity contribution in [1.29, 1.82) is 0 Å². The second kappa shape index (κ2) is 20.9. The van der Waals surface area contributed by atoms with Gasteiger partial charge in [-0.05, 0) is 75.0 Å². The molecule has 2 aromatic rings. The number of nitrogens with zero attached hydrogens (tertiary/aromatic N) is 1. The van der Waals surface area contributed by atoms with Crippen LogP contribution in [0.2, 0.25) is 0 Å². The molecule has 1 heterocycles. The van der Waals surface area contributed by atoms with Crippen LogP contribution in [0.3, 0.4) is 0 Å². The Morgan fingerprint density at radius 3 is 1.94 bits per heavy atom. The topological polar surface area (TPSA) is 214 Å². The SMILES string of the molecule is CC(C)C[C@@H](CC(=O)[C@@H](Cc1ccccc1)NC(=O)[C@H](N)Cc1ccccc1)C(=O)N[C@H](CCCCN)C(=O)N1CCC(NC(=O)C(=O)O)CC1. The lowest BCUT2D eigenvalue weighted by molar-refractivity contribution is -0.150. The maximum absolute atomic E-state index is 14.0. The Morgan fingerprint density at radius 2 is 1.39 bits per heavy atom. The summed E-state index contributed by atoms with van der Waals surface area (Å²) < 4.78 is 0. The van der Waals surface area contributed by atoms with Gasteiger partial charge in [0.15, 0.2) is 5.78 Å². The summed E-state index contributed by atoms with van der Waals surface area (Å²) in [5, 5.41) is 17.2. The highest BCUT2D eigenvalue weighted by molar-refractivity contribution is 6.31. The molecular formula is C38H54N6O7. The predicted molar refractivity (Wildman–Crippen MR) is 193 cm³/mol. The summed E-state index contributed by atoms with van der Waals surface area (Å²) in [6, 6.07) is 15.7. The van der Waals surface area contributed by atoms with Gasteiger partial charge >= 0.3 is 11.9 Å². The summed E-state index contributed by atoms with van der Waals surface area (Å²) in [6.07, 6.45) is 3.12. The summed E-state index contributed by atoms with van der Waals surface area (Å²) in [6.45, 7) is 4.90.